The van der Waals surface area contributed by atoms with Crippen molar-refractivity contribution in [1.82, 2.24) is 5.32 Å². The van der Waals surface area contributed by atoms with Gasteiger partial charge in [-0.25, -0.2) is 13.2 Å². The second-order valence-corrected chi connectivity index (χ2v) is 7.72. The maximum Gasteiger partial charge on any atom is 0.337 e. The molecule has 6 nitrogen and oxygen atoms in total. The summed E-state index contributed by atoms with van der Waals surface area (Å²) in [7, 11) is -2.28. The van der Waals surface area contributed by atoms with Crippen molar-refractivity contribution >= 4 is 21.7 Å². The molecule has 1 aliphatic rings. The molecule has 0 aromatic heterocycles. The molecule has 1 aliphatic heterocycles. The zero-order valence-corrected chi connectivity index (χ0v) is 14.8. The first-order valence-electron chi connectivity index (χ1n) is 7.97. The topological polar surface area (TPSA) is 75.7 Å². The zero-order valence-electron chi connectivity index (χ0n) is 13.9. The minimum atomic E-state index is -3.58. The van der Waals surface area contributed by atoms with Gasteiger partial charge in [-0.2, -0.15) is 0 Å². The molecule has 0 bridgehead atoms. The Hall–Kier alpha value is -2.38. The fraction of sp³-hybridized carbons (Fsp3) is 0.278. The maximum absolute atomic E-state index is 13.0. The first kappa shape index (κ1) is 17.4. The van der Waals surface area contributed by atoms with Crippen molar-refractivity contribution in [3.05, 3.63) is 65.2 Å². The van der Waals surface area contributed by atoms with E-state index < -0.39 is 16.0 Å². The molecule has 0 amide bonds. The molecule has 0 fully saturated rings. The van der Waals surface area contributed by atoms with Gasteiger partial charge in [-0.3, -0.25) is 4.31 Å². The lowest BCUT2D eigenvalue weighted by Gasteiger charge is -2.24. The van der Waals surface area contributed by atoms with E-state index in [4.69, 9.17) is 4.74 Å². The van der Waals surface area contributed by atoms with Crippen LogP contribution in [0, 0.1) is 0 Å². The monoisotopic (exact) mass is 360 g/mol. The maximum atomic E-state index is 13.0. The van der Waals surface area contributed by atoms with Crippen LogP contribution in [0.2, 0.25) is 0 Å². The predicted molar refractivity (Wildman–Crippen MR) is 95.9 cm³/mol. The van der Waals surface area contributed by atoms with E-state index >= 15 is 0 Å². The first-order valence-corrected chi connectivity index (χ1v) is 9.58. The minimum Gasteiger partial charge on any atom is -0.465 e. The number of nitrogens with one attached hydrogen (secondary N) is 1. The Balaban J connectivity index is 1.91. The summed E-state index contributed by atoms with van der Waals surface area (Å²) < 4.78 is 32.2. The largest absolute Gasteiger partial charge is 0.465 e. The number of esters is 1. The van der Waals surface area contributed by atoms with Gasteiger partial charge in [0.05, 0.1) is 24.1 Å². The summed E-state index contributed by atoms with van der Waals surface area (Å²) in [5, 5.41) is 3.23. The van der Waals surface area contributed by atoms with Crippen LogP contribution in [0.1, 0.15) is 21.5 Å². The highest BCUT2D eigenvalue weighted by Gasteiger charge is 2.26. The molecule has 0 radical (unpaired) electrons. The SMILES string of the molecule is COC(=O)c1cccc(CS(=O)(=O)N2CCNCc3ccccc32)c1. The Kier molecular flexibility index (Phi) is 5.06. The Morgan fingerprint density at radius 3 is 2.80 bits per heavy atom. The van der Waals surface area contributed by atoms with Crippen molar-refractivity contribution in [2.75, 3.05) is 24.5 Å². The van der Waals surface area contributed by atoms with Gasteiger partial charge in [-0.05, 0) is 29.3 Å². The van der Waals surface area contributed by atoms with E-state index in [1.54, 1.807) is 24.3 Å². The van der Waals surface area contributed by atoms with Gasteiger partial charge in [0.15, 0.2) is 0 Å². The smallest absolute Gasteiger partial charge is 0.337 e. The Morgan fingerprint density at radius 2 is 2.00 bits per heavy atom. The van der Waals surface area contributed by atoms with Crippen molar-refractivity contribution in [2.45, 2.75) is 12.3 Å². The standard InChI is InChI=1S/C18H20N2O4S/c1-24-18(21)15-7-4-5-14(11-15)13-25(22,23)20-10-9-19-12-16-6-2-3-8-17(16)20/h2-8,11,19H,9-10,12-13H2,1H3. The number of anilines is 1. The second-order valence-electron chi connectivity index (χ2n) is 5.83. The molecule has 132 valence electrons. The molecule has 1 N–H and O–H groups in total. The van der Waals surface area contributed by atoms with Crippen LogP contribution in [0.15, 0.2) is 48.5 Å². The summed E-state index contributed by atoms with van der Waals surface area (Å²) in [6.07, 6.45) is 0. The summed E-state index contributed by atoms with van der Waals surface area (Å²) in [5.74, 6) is -0.657. The van der Waals surface area contributed by atoms with Crippen molar-refractivity contribution in [1.29, 1.82) is 0 Å². The molecule has 7 heteroatoms. The van der Waals surface area contributed by atoms with Crippen molar-refractivity contribution < 1.29 is 17.9 Å². The minimum absolute atomic E-state index is 0.174. The Bertz CT molecular complexity index is 880. The van der Waals surface area contributed by atoms with E-state index in [9.17, 15) is 13.2 Å². The molecular weight excluding hydrogens is 340 g/mol. The van der Waals surface area contributed by atoms with Gasteiger partial charge in [-0.15, -0.1) is 0 Å². The summed E-state index contributed by atoms with van der Waals surface area (Å²) in [6.45, 7) is 1.59. The van der Waals surface area contributed by atoms with E-state index in [-0.39, 0.29) is 5.75 Å². The summed E-state index contributed by atoms with van der Waals surface area (Å²) in [4.78, 5) is 11.7. The molecular formula is C18H20N2O4S. The highest BCUT2D eigenvalue weighted by atomic mass is 32.2. The van der Waals surface area contributed by atoms with Crippen LogP contribution in [0.5, 0.6) is 0 Å². The molecule has 1 heterocycles. The van der Waals surface area contributed by atoms with Crippen LogP contribution in [0.25, 0.3) is 0 Å². The Morgan fingerprint density at radius 1 is 1.20 bits per heavy atom. The zero-order chi connectivity index (χ0) is 17.9. The van der Waals surface area contributed by atoms with Crippen LogP contribution in [0.4, 0.5) is 5.69 Å². The summed E-state index contributed by atoms with van der Waals surface area (Å²) >= 11 is 0. The highest BCUT2D eigenvalue weighted by Crippen LogP contribution is 2.26. The van der Waals surface area contributed by atoms with Gasteiger partial charge in [0.2, 0.25) is 10.0 Å². The molecule has 0 aliphatic carbocycles. The van der Waals surface area contributed by atoms with Gasteiger partial charge in [0, 0.05) is 19.6 Å². The van der Waals surface area contributed by atoms with Crippen molar-refractivity contribution in [2.24, 2.45) is 0 Å². The molecule has 0 saturated heterocycles. The molecule has 0 saturated carbocycles. The Labute approximate surface area is 147 Å². The third-order valence-corrected chi connectivity index (χ3v) is 5.85. The highest BCUT2D eigenvalue weighted by molar-refractivity contribution is 7.92. The number of benzene rings is 2. The van der Waals surface area contributed by atoms with Crippen LogP contribution >= 0.6 is 0 Å². The van der Waals surface area contributed by atoms with Crippen LogP contribution in [-0.4, -0.2) is 34.6 Å². The molecule has 2 aromatic carbocycles. The molecule has 0 spiro atoms. The van der Waals surface area contributed by atoms with Crippen LogP contribution in [-0.2, 0) is 27.1 Å². The number of rotatable bonds is 4. The number of hydrogen-bond acceptors (Lipinski definition) is 5. The molecule has 25 heavy (non-hydrogen) atoms. The number of fused-ring (bicyclic) bond motifs is 1. The van der Waals surface area contributed by atoms with Gasteiger partial charge in [0.1, 0.15) is 0 Å². The number of para-hydroxylation sites is 1. The van der Waals surface area contributed by atoms with Crippen LogP contribution < -0.4 is 9.62 Å². The number of nitrogens with zero attached hydrogens (tertiary/aromatic N) is 1. The van der Waals surface area contributed by atoms with Gasteiger partial charge in [0.25, 0.3) is 0 Å². The first-order chi connectivity index (χ1) is 12.0. The third kappa shape index (κ3) is 3.83. The van der Waals surface area contributed by atoms with E-state index in [0.29, 0.717) is 36.4 Å². The lowest BCUT2D eigenvalue weighted by atomic mass is 10.1. The van der Waals surface area contributed by atoms with Gasteiger partial charge in [-0.1, -0.05) is 30.3 Å². The second kappa shape index (κ2) is 7.25. The fourth-order valence-corrected chi connectivity index (χ4v) is 4.52. The van der Waals surface area contributed by atoms with Gasteiger partial charge >= 0.3 is 5.97 Å². The number of ether oxygens (including phenoxy) is 1. The summed E-state index contributed by atoms with van der Waals surface area (Å²) in [6, 6.07) is 14.0. The van der Waals surface area contributed by atoms with Crippen molar-refractivity contribution in [3.8, 4) is 0 Å². The number of carbonyl (C=O) groups is 1. The lowest BCUT2D eigenvalue weighted by Crippen LogP contribution is -2.35. The van der Waals surface area contributed by atoms with E-state index in [2.05, 4.69) is 5.32 Å². The van der Waals surface area contributed by atoms with E-state index in [1.807, 2.05) is 24.3 Å². The predicted octanol–water partition coefficient (Wildman–Crippen LogP) is 1.91. The number of hydrogen-bond donors (Lipinski definition) is 1. The number of sulfonamides is 1. The molecule has 2 aromatic rings. The van der Waals surface area contributed by atoms with Crippen LogP contribution in [0.3, 0.4) is 0 Å². The number of carbonyl (C=O) groups excluding carboxylic acids is 1. The van der Waals surface area contributed by atoms with Crippen molar-refractivity contribution in [3.63, 3.8) is 0 Å². The quantitative estimate of drug-likeness (QED) is 0.843. The van der Waals surface area contributed by atoms with E-state index in [0.717, 1.165) is 5.56 Å². The normalized spacial score (nSPS) is 14.5. The lowest BCUT2D eigenvalue weighted by molar-refractivity contribution is 0.0600. The summed E-state index contributed by atoms with van der Waals surface area (Å²) in [5.41, 5.74) is 2.55. The molecule has 0 atom stereocenters. The fourth-order valence-electron chi connectivity index (χ4n) is 2.91. The number of methoxy groups -OCH3 is 1. The van der Waals surface area contributed by atoms with E-state index in [1.165, 1.54) is 11.4 Å². The average molecular weight is 360 g/mol. The third-order valence-electron chi connectivity index (χ3n) is 4.10. The molecule has 3 rings (SSSR count). The van der Waals surface area contributed by atoms with Gasteiger partial charge < -0.3 is 10.1 Å². The average Bonchev–Trinajstić information content (AvgIpc) is 2.84. The molecule has 0 unspecified atom stereocenters.